The van der Waals surface area contributed by atoms with Gasteiger partial charge in [0.2, 0.25) is 0 Å². The van der Waals surface area contributed by atoms with E-state index >= 15 is 0 Å². The summed E-state index contributed by atoms with van der Waals surface area (Å²) in [6, 6.07) is 1.58. The number of rotatable bonds is 4. The molecule has 0 atom stereocenters. The highest BCUT2D eigenvalue weighted by Crippen LogP contribution is 2.25. The first kappa shape index (κ1) is 11.1. The molecule has 1 amide bonds. The van der Waals surface area contributed by atoms with Crippen molar-refractivity contribution < 1.29 is 9.21 Å². The zero-order chi connectivity index (χ0) is 11.4. The molecule has 0 aliphatic rings. The lowest BCUT2D eigenvalue weighted by atomic mass is 10.2. The standard InChI is InChI=1S/C8H8N4O2S2/c9-12-7(13)5-1-2-14-6(5)3-15-8-10-4-11-16-8/h1-2,4H,3,9H2,(H,12,13). The van der Waals surface area contributed by atoms with Crippen LogP contribution >= 0.6 is 23.3 Å². The van der Waals surface area contributed by atoms with Crippen LogP contribution < -0.4 is 11.3 Å². The second-order valence-corrected chi connectivity index (χ2v) is 4.73. The van der Waals surface area contributed by atoms with Gasteiger partial charge in [-0.25, -0.2) is 10.8 Å². The smallest absolute Gasteiger partial charge is 0.268 e. The van der Waals surface area contributed by atoms with E-state index in [2.05, 4.69) is 14.8 Å². The maximum Gasteiger partial charge on any atom is 0.268 e. The fourth-order valence-corrected chi connectivity index (χ4v) is 2.48. The molecule has 0 radical (unpaired) electrons. The van der Waals surface area contributed by atoms with Crippen molar-refractivity contribution in [2.45, 2.75) is 10.1 Å². The van der Waals surface area contributed by atoms with Crippen molar-refractivity contribution in [2.75, 3.05) is 0 Å². The van der Waals surface area contributed by atoms with E-state index in [1.165, 1.54) is 35.9 Å². The van der Waals surface area contributed by atoms with E-state index in [4.69, 9.17) is 10.3 Å². The lowest BCUT2D eigenvalue weighted by Crippen LogP contribution is -2.30. The molecule has 2 aromatic heterocycles. The summed E-state index contributed by atoms with van der Waals surface area (Å²) in [5, 5.41) is 0. The van der Waals surface area contributed by atoms with Gasteiger partial charge in [0.05, 0.1) is 17.6 Å². The number of hydrogen-bond donors (Lipinski definition) is 2. The molecule has 0 saturated carbocycles. The molecule has 6 nitrogen and oxygen atoms in total. The molecule has 0 saturated heterocycles. The molecule has 16 heavy (non-hydrogen) atoms. The van der Waals surface area contributed by atoms with Gasteiger partial charge in [-0.2, -0.15) is 4.37 Å². The van der Waals surface area contributed by atoms with Crippen LogP contribution in [0, 0.1) is 0 Å². The number of nitrogens with zero attached hydrogens (tertiary/aromatic N) is 2. The topological polar surface area (TPSA) is 94.0 Å². The van der Waals surface area contributed by atoms with Gasteiger partial charge in [-0.05, 0) is 17.6 Å². The van der Waals surface area contributed by atoms with E-state index in [0.29, 0.717) is 17.1 Å². The average molecular weight is 256 g/mol. The van der Waals surface area contributed by atoms with Crippen molar-refractivity contribution >= 4 is 29.2 Å². The normalized spacial score (nSPS) is 10.3. The first-order valence-corrected chi connectivity index (χ1v) is 6.04. The van der Waals surface area contributed by atoms with Gasteiger partial charge < -0.3 is 4.42 Å². The number of carbonyl (C=O) groups is 1. The number of nitrogens with two attached hydrogens (primary N) is 1. The Morgan fingerprint density at radius 3 is 3.25 bits per heavy atom. The fraction of sp³-hybridized carbons (Fsp3) is 0.125. The number of aromatic nitrogens is 2. The molecule has 2 aromatic rings. The van der Waals surface area contributed by atoms with E-state index in [1.807, 2.05) is 0 Å². The predicted octanol–water partition coefficient (Wildman–Crippen LogP) is 1.03. The molecule has 0 fully saturated rings. The predicted molar refractivity (Wildman–Crippen MR) is 59.8 cm³/mol. The largest absolute Gasteiger partial charge is 0.468 e. The van der Waals surface area contributed by atoms with Crippen LogP contribution in [0.1, 0.15) is 16.1 Å². The number of thioether (sulfide) groups is 1. The number of hydrazine groups is 1. The van der Waals surface area contributed by atoms with Crippen LogP contribution in [0.15, 0.2) is 27.4 Å². The van der Waals surface area contributed by atoms with Crippen LogP contribution in [0.25, 0.3) is 0 Å². The lowest BCUT2D eigenvalue weighted by Gasteiger charge is -1.99. The monoisotopic (exact) mass is 256 g/mol. The number of hydrogen-bond acceptors (Lipinski definition) is 7. The Hall–Kier alpha value is -1.38. The van der Waals surface area contributed by atoms with Crippen LogP contribution in [-0.2, 0) is 5.75 Å². The van der Waals surface area contributed by atoms with Gasteiger partial charge in [0.25, 0.3) is 5.91 Å². The lowest BCUT2D eigenvalue weighted by molar-refractivity contribution is 0.0952. The van der Waals surface area contributed by atoms with Gasteiger partial charge in [-0.1, -0.05) is 11.8 Å². The van der Waals surface area contributed by atoms with Crippen LogP contribution in [0.4, 0.5) is 0 Å². The number of nitrogens with one attached hydrogen (secondary N) is 1. The Balaban J connectivity index is 2.04. The number of amides is 1. The molecule has 2 rings (SSSR count). The zero-order valence-electron chi connectivity index (χ0n) is 8.04. The molecular weight excluding hydrogens is 248 g/mol. The Bertz CT molecular complexity index is 468. The van der Waals surface area contributed by atoms with Crippen LogP contribution in [0.2, 0.25) is 0 Å². The summed E-state index contributed by atoms with van der Waals surface area (Å²) in [5.41, 5.74) is 2.51. The van der Waals surface area contributed by atoms with Crippen molar-refractivity contribution in [2.24, 2.45) is 5.84 Å². The second-order valence-electron chi connectivity index (χ2n) is 2.73. The summed E-state index contributed by atoms with van der Waals surface area (Å²) in [7, 11) is 0. The van der Waals surface area contributed by atoms with Crippen molar-refractivity contribution in [1.82, 2.24) is 14.8 Å². The van der Waals surface area contributed by atoms with Gasteiger partial charge in [-0.3, -0.25) is 10.2 Å². The highest BCUT2D eigenvalue weighted by Gasteiger charge is 2.14. The molecule has 0 bridgehead atoms. The molecule has 3 N–H and O–H groups in total. The SMILES string of the molecule is NNC(=O)c1ccoc1CSc1ncns1. The minimum atomic E-state index is -0.360. The highest BCUT2D eigenvalue weighted by molar-refractivity contribution is 8.00. The van der Waals surface area contributed by atoms with Crippen LogP contribution in [-0.4, -0.2) is 15.3 Å². The molecule has 0 unspecified atom stereocenters. The number of furan rings is 1. The third-order valence-electron chi connectivity index (χ3n) is 1.79. The van der Waals surface area contributed by atoms with Gasteiger partial charge in [0.15, 0.2) is 4.34 Å². The second kappa shape index (κ2) is 5.10. The molecule has 0 spiro atoms. The highest BCUT2D eigenvalue weighted by atomic mass is 32.2. The summed E-state index contributed by atoms with van der Waals surface area (Å²) < 4.78 is 9.91. The molecule has 2 heterocycles. The minimum absolute atomic E-state index is 0.360. The summed E-state index contributed by atoms with van der Waals surface area (Å²) >= 11 is 2.76. The number of nitrogen functional groups attached to an aromatic ring is 1. The summed E-state index contributed by atoms with van der Waals surface area (Å²) in [5.74, 6) is 5.79. The van der Waals surface area contributed by atoms with Crippen molar-refractivity contribution in [1.29, 1.82) is 0 Å². The van der Waals surface area contributed by atoms with Crippen molar-refractivity contribution in [3.63, 3.8) is 0 Å². The Morgan fingerprint density at radius 2 is 2.56 bits per heavy atom. The van der Waals surface area contributed by atoms with Crippen molar-refractivity contribution in [3.05, 3.63) is 30.0 Å². The number of carbonyl (C=O) groups excluding carboxylic acids is 1. The van der Waals surface area contributed by atoms with Crippen LogP contribution in [0.3, 0.4) is 0 Å². The fourth-order valence-electron chi connectivity index (χ4n) is 1.09. The van der Waals surface area contributed by atoms with Gasteiger partial charge >= 0.3 is 0 Å². The van der Waals surface area contributed by atoms with E-state index in [1.54, 1.807) is 6.07 Å². The first-order valence-electron chi connectivity index (χ1n) is 4.28. The molecule has 84 valence electrons. The Labute approximate surface area is 99.4 Å². The third-order valence-corrected chi connectivity index (χ3v) is 3.59. The maximum atomic E-state index is 11.3. The third kappa shape index (κ3) is 2.40. The first-order chi connectivity index (χ1) is 7.81. The van der Waals surface area contributed by atoms with E-state index in [9.17, 15) is 4.79 Å². The molecular formula is C8H8N4O2S2. The average Bonchev–Trinajstić information content (AvgIpc) is 2.96. The van der Waals surface area contributed by atoms with E-state index in [0.717, 1.165) is 4.34 Å². The van der Waals surface area contributed by atoms with Gasteiger partial charge in [-0.15, -0.1) is 0 Å². The molecule has 8 heteroatoms. The van der Waals surface area contributed by atoms with Gasteiger partial charge in [0.1, 0.15) is 12.1 Å². The van der Waals surface area contributed by atoms with Gasteiger partial charge in [0, 0.05) is 0 Å². The summed E-state index contributed by atoms with van der Waals surface area (Å²) in [6.07, 6.45) is 2.95. The quantitative estimate of drug-likeness (QED) is 0.367. The minimum Gasteiger partial charge on any atom is -0.468 e. The van der Waals surface area contributed by atoms with E-state index in [-0.39, 0.29) is 5.91 Å². The van der Waals surface area contributed by atoms with Crippen molar-refractivity contribution in [3.8, 4) is 0 Å². The molecule has 0 aliphatic heterocycles. The summed E-state index contributed by atoms with van der Waals surface area (Å²) in [6.45, 7) is 0. The zero-order valence-corrected chi connectivity index (χ0v) is 9.68. The molecule has 0 aromatic carbocycles. The van der Waals surface area contributed by atoms with Crippen LogP contribution in [0.5, 0.6) is 0 Å². The molecule has 0 aliphatic carbocycles. The maximum absolute atomic E-state index is 11.3. The Kier molecular flexibility index (Phi) is 3.54. The Morgan fingerprint density at radius 1 is 1.69 bits per heavy atom. The van der Waals surface area contributed by atoms with E-state index < -0.39 is 0 Å². The summed E-state index contributed by atoms with van der Waals surface area (Å²) in [4.78, 5) is 15.3.